The number of rotatable bonds is 3. The molecule has 94 valence electrons. The van der Waals surface area contributed by atoms with Crippen LogP contribution in [0.5, 0.6) is 0 Å². The Morgan fingerprint density at radius 1 is 1.56 bits per heavy atom. The lowest BCUT2D eigenvalue weighted by Gasteiger charge is -2.07. The Bertz CT molecular complexity index is 587. The smallest absolute Gasteiger partial charge is 0.230 e. The number of halogens is 2. The summed E-state index contributed by atoms with van der Waals surface area (Å²) < 4.78 is 1.91. The summed E-state index contributed by atoms with van der Waals surface area (Å²) in [7, 11) is 0. The van der Waals surface area contributed by atoms with Crippen molar-refractivity contribution in [3.05, 3.63) is 37.3 Å². The maximum absolute atomic E-state index is 11.8. The van der Waals surface area contributed by atoms with E-state index in [2.05, 4.69) is 48.8 Å². The van der Waals surface area contributed by atoms with Gasteiger partial charge in [-0.2, -0.15) is 0 Å². The molecule has 0 aliphatic rings. The van der Waals surface area contributed by atoms with Gasteiger partial charge in [-0.15, -0.1) is 11.3 Å². The first kappa shape index (κ1) is 13.8. The van der Waals surface area contributed by atoms with Crippen LogP contribution in [0.2, 0.25) is 0 Å². The van der Waals surface area contributed by atoms with Crippen molar-refractivity contribution in [2.45, 2.75) is 6.42 Å². The Balaban J connectivity index is 2.05. The number of benzene rings is 1. The quantitative estimate of drug-likeness (QED) is 0.724. The summed E-state index contributed by atoms with van der Waals surface area (Å²) >= 11 is 6.89. The number of carbonyl (C=O) groups is 1. The number of nitrogens with one attached hydrogen (secondary N) is 1. The molecule has 0 saturated heterocycles. The number of nitrogens with two attached hydrogens (primary N) is 1. The second kappa shape index (κ2) is 5.98. The second-order valence-electron chi connectivity index (χ2n) is 3.53. The van der Waals surface area contributed by atoms with Gasteiger partial charge in [0.2, 0.25) is 5.91 Å². The van der Waals surface area contributed by atoms with Crippen LogP contribution >= 0.6 is 49.9 Å². The molecule has 0 unspecified atom stereocenters. The van der Waals surface area contributed by atoms with E-state index in [0.717, 1.165) is 13.7 Å². The van der Waals surface area contributed by atoms with Crippen LogP contribution < -0.4 is 11.1 Å². The monoisotopic (exact) mass is 437 g/mol. The van der Waals surface area contributed by atoms with Crippen molar-refractivity contribution in [3.63, 3.8) is 0 Å². The highest BCUT2D eigenvalue weighted by Gasteiger charge is 2.09. The molecule has 0 aliphatic heterocycles. The van der Waals surface area contributed by atoms with Crippen molar-refractivity contribution in [2.75, 3.05) is 11.1 Å². The van der Waals surface area contributed by atoms with E-state index in [1.54, 1.807) is 5.38 Å². The minimum Gasteiger partial charge on any atom is -0.375 e. The number of amides is 1. The van der Waals surface area contributed by atoms with Gasteiger partial charge >= 0.3 is 0 Å². The lowest BCUT2D eigenvalue weighted by molar-refractivity contribution is -0.115. The van der Waals surface area contributed by atoms with Gasteiger partial charge in [-0.05, 0) is 40.8 Å². The Morgan fingerprint density at radius 3 is 3.00 bits per heavy atom. The van der Waals surface area contributed by atoms with Crippen LogP contribution in [0.15, 0.2) is 28.1 Å². The van der Waals surface area contributed by atoms with Crippen molar-refractivity contribution in [3.8, 4) is 0 Å². The predicted molar refractivity (Wildman–Crippen MR) is 85.7 cm³/mol. The molecule has 1 aromatic heterocycles. The number of hydrogen-bond donors (Lipinski definition) is 2. The lowest BCUT2D eigenvalue weighted by atomic mass is 10.3. The lowest BCUT2D eigenvalue weighted by Crippen LogP contribution is -2.15. The van der Waals surface area contributed by atoms with Crippen molar-refractivity contribution in [1.29, 1.82) is 0 Å². The minimum absolute atomic E-state index is 0.101. The Hall–Kier alpha value is -0.670. The van der Waals surface area contributed by atoms with Crippen LogP contribution in [-0.2, 0) is 11.2 Å². The van der Waals surface area contributed by atoms with Crippen LogP contribution in [0.1, 0.15) is 5.69 Å². The molecule has 0 saturated carbocycles. The largest absolute Gasteiger partial charge is 0.375 e. The molecule has 0 radical (unpaired) electrons. The van der Waals surface area contributed by atoms with Crippen LogP contribution in [-0.4, -0.2) is 10.9 Å². The minimum atomic E-state index is -0.101. The molecular weight excluding hydrogens is 429 g/mol. The number of nitrogens with zero attached hydrogens (tertiary/aromatic N) is 1. The molecule has 0 atom stereocenters. The van der Waals surface area contributed by atoms with Crippen LogP contribution in [0.25, 0.3) is 0 Å². The van der Waals surface area contributed by atoms with Crippen molar-refractivity contribution >= 4 is 66.6 Å². The van der Waals surface area contributed by atoms with E-state index in [1.807, 2.05) is 18.2 Å². The van der Waals surface area contributed by atoms with E-state index >= 15 is 0 Å². The summed E-state index contributed by atoms with van der Waals surface area (Å²) in [6.45, 7) is 0. The first-order valence-corrected chi connectivity index (χ1v) is 7.74. The highest BCUT2D eigenvalue weighted by Crippen LogP contribution is 2.23. The molecule has 1 amide bonds. The summed E-state index contributed by atoms with van der Waals surface area (Å²) in [6.07, 6.45) is 0.232. The average molecular weight is 438 g/mol. The topological polar surface area (TPSA) is 68.0 Å². The zero-order chi connectivity index (χ0) is 13.1. The standard InChI is InChI=1S/C11H9BrIN3OS/c12-6-1-2-8(13)9(3-6)16-10(17)4-7-5-18-11(14)15-7/h1-3,5H,4H2,(H2,14,15)(H,16,17). The molecule has 2 aromatic rings. The predicted octanol–water partition coefficient (Wildman–Crippen LogP) is 3.27. The highest BCUT2D eigenvalue weighted by molar-refractivity contribution is 14.1. The van der Waals surface area contributed by atoms with Gasteiger partial charge in [0.15, 0.2) is 5.13 Å². The zero-order valence-corrected chi connectivity index (χ0v) is 13.7. The molecule has 0 spiro atoms. The van der Waals surface area contributed by atoms with Crippen LogP contribution in [0.3, 0.4) is 0 Å². The molecule has 7 heteroatoms. The fourth-order valence-corrected chi connectivity index (χ4v) is 2.75. The van der Waals surface area contributed by atoms with Crippen molar-refractivity contribution in [2.24, 2.45) is 0 Å². The molecule has 18 heavy (non-hydrogen) atoms. The fraction of sp³-hybridized carbons (Fsp3) is 0.0909. The summed E-state index contributed by atoms with van der Waals surface area (Å²) in [4.78, 5) is 15.9. The third-order valence-electron chi connectivity index (χ3n) is 2.11. The molecular formula is C11H9BrIN3OS. The summed E-state index contributed by atoms with van der Waals surface area (Å²) in [5.74, 6) is -0.101. The van der Waals surface area contributed by atoms with Gasteiger partial charge in [-0.25, -0.2) is 4.98 Å². The van der Waals surface area contributed by atoms with Crippen molar-refractivity contribution < 1.29 is 4.79 Å². The molecule has 1 aromatic carbocycles. The average Bonchev–Trinajstić information content (AvgIpc) is 2.69. The van der Waals surface area contributed by atoms with Crippen molar-refractivity contribution in [1.82, 2.24) is 4.98 Å². The SMILES string of the molecule is Nc1nc(CC(=O)Nc2cc(Br)ccc2I)cs1. The zero-order valence-electron chi connectivity index (χ0n) is 9.11. The molecule has 0 fully saturated rings. The molecule has 2 rings (SSSR count). The molecule has 3 N–H and O–H groups in total. The first-order chi connectivity index (χ1) is 8.54. The Kier molecular flexibility index (Phi) is 4.57. The normalized spacial score (nSPS) is 10.3. The third kappa shape index (κ3) is 3.66. The van der Waals surface area contributed by atoms with Gasteiger partial charge in [0.05, 0.1) is 17.8 Å². The first-order valence-electron chi connectivity index (χ1n) is 4.99. The van der Waals surface area contributed by atoms with Gasteiger partial charge in [-0.1, -0.05) is 15.9 Å². The molecule has 0 aliphatic carbocycles. The van der Waals surface area contributed by atoms with Gasteiger partial charge in [0, 0.05) is 13.4 Å². The van der Waals surface area contributed by atoms with E-state index in [0.29, 0.717) is 10.8 Å². The summed E-state index contributed by atoms with van der Waals surface area (Å²) in [5, 5.41) is 5.13. The number of nitrogen functional groups attached to an aromatic ring is 1. The molecule has 1 heterocycles. The highest BCUT2D eigenvalue weighted by atomic mass is 127. The summed E-state index contributed by atoms with van der Waals surface area (Å²) in [6, 6.07) is 5.73. The van der Waals surface area contributed by atoms with Gasteiger partial charge < -0.3 is 11.1 Å². The number of anilines is 2. The summed E-state index contributed by atoms with van der Waals surface area (Å²) in [5.41, 5.74) is 7.00. The second-order valence-corrected chi connectivity index (χ2v) is 6.49. The van der Waals surface area contributed by atoms with Crippen LogP contribution in [0, 0.1) is 3.57 Å². The Morgan fingerprint density at radius 2 is 2.33 bits per heavy atom. The van der Waals surface area contributed by atoms with Gasteiger partial charge in [0.25, 0.3) is 0 Å². The van der Waals surface area contributed by atoms with E-state index in [1.165, 1.54) is 11.3 Å². The third-order valence-corrected chi connectivity index (χ3v) is 4.27. The van der Waals surface area contributed by atoms with E-state index in [-0.39, 0.29) is 12.3 Å². The maximum Gasteiger partial charge on any atom is 0.230 e. The maximum atomic E-state index is 11.8. The van der Waals surface area contributed by atoms with E-state index < -0.39 is 0 Å². The number of hydrogen-bond acceptors (Lipinski definition) is 4. The van der Waals surface area contributed by atoms with Crippen LogP contribution in [0.4, 0.5) is 10.8 Å². The fourth-order valence-electron chi connectivity index (χ4n) is 1.36. The number of carbonyl (C=O) groups excluding carboxylic acids is 1. The van der Waals surface area contributed by atoms with E-state index in [9.17, 15) is 4.79 Å². The number of thiazole rings is 1. The van der Waals surface area contributed by atoms with Gasteiger partial charge in [0.1, 0.15) is 0 Å². The molecule has 4 nitrogen and oxygen atoms in total. The Labute approximate surface area is 130 Å². The van der Waals surface area contributed by atoms with E-state index in [4.69, 9.17) is 5.73 Å². The van der Waals surface area contributed by atoms with Gasteiger partial charge in [-0.3, -0.25) is 4.79 Å². The molecule has 0 bridgehead atoms. The number of aromatic nitrogens is 1.